The fraction of sp³-hybridized carbons (Fsp3) is 0.133. The monoisotopic (exact) mass is 273 g/mol. The average Bonchev–Trinajstić information content (AvgIpc) is 2.67. The molecule has 0 aliphatic rings. The van der Waals surface area contributed by atoms with Crippen LogP contribution in [0.3, 0.4) is 0 Å². The second-order valence-electron chi connectivity index (χ2n) is 4.62. The van der Waals surface area contributed by atoms with Gasteiger partial charge in [0.25, 0.3) is 5.56 Å². The highest BCUT2D eigenvalue weighted by Gasteiger charge is 2.11. The van der Waals surface area contributed by atoms with Gasteiger partial charge in [0.1, 0.15) is 5.82 Å². The van der Waals surface area contributed by atoms with E-state index in [1.165, 1.54) is 23.7 Å². The van der Waals surface area contributed by atoms with Gasteiger partial charge in [-0.2, -0.15) is 0 Å². The van der Waals surface area contributed by atoms with Crippen LogP contribution in [0, 0.1) is 19.7 Å². The molecule has 4 heteroatoms. The molecule has 1 aromatic heterocycles. The first-order valence-corrected chi connectivity index (χ1v) is 6.73. The molecular weight excluding hydrogens is 261 g/mol. The van der Waals surface area contributed by atoms with Gasteiger partial charge in [-0.1, -0.05) is 29.2 Å². The predicted octanol–water partition coefficient (Wildman–Crippen LogP) is 3.81. The maximum absolute atomic E-state index is 13.2. The Bertz CT molecular complexity index is 832. The fourth-order valence-corrected chi connectivity index (χ4v) is 3.24. The summed E-state index contributed by atoms with van der Waals surface area (Å²) in [5, 5.41) is 0.435. The topological polar surface area (TPSA) is 22.0 Å². The maximum atomic E-state index is 13.2. The number of rotatable bonds is 1. The quantitative estimate of drug-likeness (QED) is 0.661. The van der Waals surface area contributed by atoms with E-state index in [9.17, 15) is 9.18 Å². The molecule has 96 valence electrons. The average molecular weight is 273 g/mol. The molecule has 1 heterocycles. The second-order valence-corrected chi connectivity index (χ2v) is 5.61. The minimum absolute atomic E-state index is 0.161. The van der Waals surface area contributed by atoms with Crippen LogP contribution in [-0.2, 0) is 0 Å². The molecule has 0 spiro atoms. The van der Waals surface area contributed by atoms with E-state index >= 15 is 0 Å². The van der Waals surface area contributed by atoms with Crippen molar-refractivity contribution < 1.29 is 4.39 Å². The molecule has 0 aliphatic heterocycles. The van der Waals surface area contributed by atoms with Crippen molar-refractivity contribution in [2.45, 2.75) is 13.8 Å². The summed E-state index contributed by atoms with van der Waals surface area (Å²) in [6.45, 7) is 3.99. The van der Waals surface area contributed by atoms with Gasteiger partial charge in [0.2, 0.25) is 0 Å². The summed E-state index contributed by atoms with van der Waals surface area (Å²) in [4.78, 5) is 12.3. The largest absolute Gasteiger partial charge is 0.273 e. The summed E-state index contributed by atoms with van der Waals surface area (Å²) in [6.07, 6.45) is 0. The number of hydrogen-bond donors (Lipinski definition) is 0. The van der Waals surface area contributed by atoms with Crippen LogP contribution in [-0.4, -0.2) is 3.96 Å². The Morgan fingerprint density at radius 2 is 1.89 bits per heavy atom. The first-order valence-electron chi connectivity index (χ1n) is 5.95. The van der Waals surface area contributed by atoms with Crippen LogP contribution in [0.1, 0.15) is 11.1 Å². The van der Waals surface area contributed by atoms with Gasteiger partial charge in [0.05, 0.1) is 15.8 Å². The SMILES string of the molecule is Cc1ccc(-n2sc3ccc(F)cc3c2=O)c(C)c1. The number of hydrogen-bond acceptors (Lipinski definition) is 2. The van der Waals surface area contributed by atoms with Gasteiger partial charge >= 0.3 is 0 Å². The van der Waals surface area contributed by atoms with Crippen LogP contribution in [0.15, 0.2) is 41.2 Å². The Labute approximate surface area is 113 Å². The van der Waals surface area contributed by atoms with Crippen LogP contribution >= 0.6 is 11.5 Å². The molecule has 0 bridgehead atoms. The van der Waals surface area contributed by atoms with Crippen LogP contribution in [0.4, 0.5) is 4.39 Å². The maximum Gasteiger partial charge on any atom is 0.273 e. The Kier molecular flexibility index (Phi) is 2.75. The van der Waals surface area contributed by atoms with Gasteiger partial charge in [0.15, 0.2) is 0 Å². The lowest BCUT2D eigenvalue weighted by Crippen LogP contribution is -2.11. The Hall–Kier alpha value is -1.94. The zero-order valence-electron chi connectivity index (χ0n) is 10.6. The Morgan fingerprint density at radius 1 is 1.11 bits per heavy atom. The molecule has 0 atom stereocenters. The zero-order valence-corrected chi connectivity index (χ0v) is 11.4. The highest BCUT2D eigenvalue weighted by atomic mass is 32.1. The second kappa shape index (κ2) is 4.31. The summed E-state index contributed by atoms with van der Waals surface area (Å²) < 4.78 is 15.6. The number of aryl methyl sites for hydroxylation is 2. The predicted molar refractivity (Wildman–Crippen MR) is 76.9 cm³/mol. The molecule has 0 aliphatic carbocycles. The molecule has 0 saturated carbocycles. The number of benzene rings is 2. The van der Waals surface area contributed by atoms with Crippen molar-refractivity contribution >= 4 is 21.6 Å². The molecule has 19 heavy (non-hydrogen) atoms. The highest BCUT2D eigenvalue weighted by molar-refractivity contribution is 7.14. The lowest BCUT2D eigenvalue weighted by Gasteiger charge is -2.05. The van der Waals surface area contributed by atoms with Crippen LogP contribution in [0.5, 0.6) is 0 Å². The normalized spacial score (nSPS) is 11.1. The number of fused-ring (bicyclic) bond motifs is 1. The van der Waals surface area contributed by atoms with Crippen molar-refractivity contribution in [2.75, 3.05) is 0 Å². The molecule has 0 N–H and O–H groups in total. The number of aromatic nitrogens is 1. The summed E-state index contributed by atoms with van der Waals surface area (Å²) in [5.74, 6) is -0.379. The van der Waals surface area contributed by atoms with Crippen LogP contribution in [0.2, 0.25) is 0 Å². The Morgan fingerprint density at radius 3 is 2.63 bits per heavy atom. The van der Waals surface area contributed by atoms with E-state index in [1.54, 1.807) is 10.0 Å². The van der Waals surface area contributed by atoms with Gasteiger partial charge in [0, 0.05) is 0 Å². The molecule has 0 amide bonds. The first-order chi connectivity index (χ1) is 9.06. The summed E-state index contributed by atoms with van der Waals surface area (Å²) in [5.41, 5.74) is 2.89. The number of halogens is 1. The minimum Gasteiger partial charge on any atom is -0.267 e. The summed E-state index contributed by atoms with van der Waals surface area (Å²) in [6, 6.07) is 10.3. The molecule has 3 aromatic rings. The lowest BCUT2D eigenvalue weighted by atomic mass is 10.1. The van der Waals surface area contributed by atoms with E-state index in [-0.39, 0.29) is 11.4 Å². The van der Waals surface area contributed by atoms with Gasteiger partial charge in [-0.25, -0.2) is 8.35 Å². The van der Waals surface area contributed by atoms with Crippen molar-refractivity contribution in [1.29, 1.82) is 0 Å². The van der Waals surface area contributed by atoms with E-state index in [2.05, 4.69) is 0 Å². The van der Waals surface area contributed by atoms with Crippen molar-refractivity contribution in [3.05, 3.63) is 63.7 Å². The van der Waals surface area contributed by atoms with E-state index in [4.69, 9.17) is 0 Å². The zero-order chi connectivity index (χ0) is 13.6. The third kappa shape index (κ3) is 1.98. The van der Waals surface area contributed by atoms with Crippen molar-refractivity contribution in [3.63, 3.8) is 0 Å². The van der Waals surface area contributed by atoms with E-state index in [0.29, 0.717) is 5.39 Å². The third-order valence-electron chi connectivity index (χ3n) is 3.12. The lowest BCUT2D eigenvalue weighted by molar-refractivity contribution is 0.629. The molecule has 0 saturated heterocycles. The van der Waals surface area contributed by atoms with Crippen molar-refractivity contribution in [2.24, 2.45) is 0 Å². The summed E-state index contributed by atoms with van der Waals surface area (Å²) >= 11 is 1.34. The standard InChI is InChI=1S/C15H12FNOS/c1-9-3-5-13(10(2)7-9)17-15(18)12-8-11(16)4-6-14(12)19-17/h3-8H,1-2H3. The van der Waals surface area contributed by atoms with Gasteiger partial charge < -0.3 is 0 Å². The van der Waals surface area contributed by atoms with Gasteiger partial charge in [-0.15, -0.1) is 0 Å². The molecule has 3 rings (SSSR count). The molecule has 0 radical (unpaired) electrons. The number of nitrogens with zero attached hydrogens (tertiary/aromatic N) is 1. The molecule has 0 fully saturated rings. The van der Waals surface area contributed by atoms with Crippen LogP contribution in [0.25, 0.3) is 15.8 Å². The molecular formula is C15H12FNOS. The van der Waals surface area contributed by atoms with E-state index in [1.807, 2.05) is 32.0 Å². The molecule has 0 unspecified atom stereocenters. The van der Waals surface area contributed by atoms with Crippen molar-refractivity contribution in [3.8, 4) is 5.69 Å². The molecule has 2 nitrogen and oxygen atoms in total. The van der Waals surface area contributed by atoms with E-state index in [0.717, 1.165) is 21.5 Å². The van der Waals surface area contributed by atoms with Crippen LogP contribution < -0.4 is 5.56 Å². The highest BCUT2D eigenvalue weighted by Crippen LogP contribution is 2.23. The Balaban J connectivity index is 2.31. The minimum atomic E-state index is -0.379. The molecule has 2 aromatic carbocycles. The summed E-state index contributed by atoms with van der Waals surface area (Å²) in [7, 11) is 0. The van der Waals surface area contributed by atoms with Gasteiger partial charge in [-0.05, 0) is 43.7 Å². The van der Waals surface area contributed by atoms with E-state index < -0.39 is 0 Å². The smallest absolute Gasteiger partial charge is 0.267 e. The fourth-order valence-electron chi connectivity index (χ4n) is 2.19. The third-order valence-corrected chi connectivity index (χ3v) is 4.21. The first kappa shape index (κ1) is 12.1. The van der Waals surface area contributed by atoms with Gasteiger partial charge in [-0.3, -0.25) is 4.79 Å². The van der Waals surface area contributed by atoms with Crippen molar-refractivity contribution in [1.82, 2.24) is 3.96 Å².